The number of hydrogen-bond acceptors (Lipinski definition) is 2. The molecule has 0 bridgehead atoms. The maximum atomic E-state index is 13.6. The molecule has 6 heteroatoms. The van der Waals surface area contributed by atoms with Crippen LogP contribution in [0.1, 0.15) is 13.3 Å². The second-order valence-corrected chi connectivity index (χ2v) is 4.98. The van der Waals surface area contributed by atoms with Gasteiger partial charge in [-0.1, -0.05) is 13.5 Å². The summed E-state index contributed by atoms with van der Waals surface area (Å²) in [6.45, 7) is 5.71. The van der Waals surface area contributed by atoms with Crippen LogP contribution < -0.4 is 0 Å². The Bertz CT molecular complexity index is 692. The SMILES string of the molecule is C=CC(F)=CC(C)CCn1cnc(-c2cc(F)ccc2F)n1. The van der Waals surface area contributed by atoms with E-state index < -0.39 is 11.6 Å². The highest BCUT2D eigenvalue weighted by Crippen LogP contribution is 2.20. The first kappa shape index (κ1) is 16.0. The number of benzene rings is 1. The Labute approximate surface area is 126 Å². The lowest BCUT2D eigenvalue weighted by atomic mass is 10.1. The molecule has 0 saturated carbocycles. The minimum absolute atomic E-state index is 0.00319. The van der Waals surface area contributed by atoms with Gasteiger partial charge < -0.3 is 0 Å². The zero-order valence-electron chi connectivity index (χ0n) is 12.1. The first-order valence-electron chi connectivity index (χ1n) is 6.84. The minimum atomic E-state index is -0.580. The van der Waals surface area contributed by atoms with Crippen LogP contribution in [0.3, 0.4) is 0 Å². The molecule has 0 spiro atoms. The Morgan fingerprint density at radius 3 is 2.91 bits per heavy atom. The molecule has 116 valence electrons. The summed E-state index contributed by atoms with van der Waals surface area (Å²) in [4.78, 5) is 3.98. The average Bonchev–Trinajstić information content (AvgIpc) is 2.96. The third-order valence-corrected chi connectivity index (χ3v) is 3.16. The van der Waals surface area contributed by atoms with Gasteiger partial charge in [-0.3, -0.25) is 4.68 Å². The van der Waals surface area contributed by atoms with Gasteiger partial charge in [-0.05, 0) is 42.7 Å². The lowest BCUT2D eigenvalue weighted by Crippen LogP contribution is -2.03. The van der Waals surface area contributed by atoms with Gasteiger partial charge in [-0.25, -0.2) is 18.2 Å². The van der Waals surface area contributed by atoms with E-state index in [1.165, 1.54) is 17.1 Å². The Morgan fingerprint density at radius 1 is 1.41 bits per heavy atom. The molecule has 3 nitrogen and oxygen atoms in total. The second-order valence-electron chi connectivity index (χ2n) is 4.98. The van der Waals surface area contributed by atoms with Gasteiger partial charge in [0.05, 0.1) is 5.56 Å². The highest BCUT2D eigenvalue weighted by atomic mass is 19.1. The minimum Gasteiger partial charge on any atom is -0.252 e. The van der Waals surface area contributed by atoms with Gasteiger partial charge in [0.15, 0.2) is 5.82 Å². The highest BCUT2D eigenvalue weighted by Gasteiger charge is 2.11. The van der Waals surface area contributed by atoms with Gasteiger partial charge in [0.1, 0.15) is 23.8 Å². The predicted molar refractivity (Wildman–Crippen MR) is 78.5 cm³/mol. The molecule has 0 amide bonds. The molecule has 0 aliphatic heterocycles. The van der Waals surface area contributed by atoms with Crippen LogP contribution in [0.25, 0.3) is 11.4 Å². The monoisotopic (exact) mass is 307 g/mol. The van der Waals surface area contributed by atoms with Crippen molar-refractivity contribution >= 4 is 0 Å². The summed E-state index contributed by atoms with van der Waals surface area (Å²) < 4.78 is 41.4. The molecular formula is C16H16F3N3. The molecule has 1 heterocycles. The topological polar surface area (TPSA) is 30.7 Å². The molecule has 0 fully saturated rings. The van der Waals surface area contributed by atoms with Gasteiger partial charge in [-0.2, -0.15) is 5.10 Å². The van der Waals surface area contributed by atoms with Crippen molar-refractivity contribution in [3.8, 4) is 11.4 Å². The standard InChI is InChI=1S/C16H16F3N3/c1-3-12(17)8-11(2)6-7-22-10-20-16(21-22)14-9-13(18)4-5-15(14)19/h3-5,8-11H,1,6-7H2,2H3. The molecule has 1 aromatic carbocycles. The normalized spacial score (nSPS) is 13.2. The Balaban J connectivity index is 2.06. The van der Waals surface area contributed by atoms with Crippen molar-refractivity contribution in [1.29, 1.82) is 0 Å². The van der Waals surface area contributed by atoms with Gasteiger partial charge in [0.2, 0.25) is 0 Å². The fourth-order valence-corrected chi connectivity index (χ4v) is 1.95. The van der Waals surface area contributed by atoms with E-state index in [9.17, 15) is 13.2 Å². The number of aromatic nitrogens is 3. The van der Waals surface area contributed by atoms with Gasteiger partial charge >= 0.3 is 0 Å². The van der Waals surface area contributed by atoms with Crippen LogP contribution in [0.15, 0.2) is 49.1 Å². The van der Waals surface area contributed by atoms with E-state index in [1.807, 2.05) is 6.92 Å². The van der Waals surface area contributed by atoms with Crippen LogP contribution in [0.2, 0.25) is 0 Å². The van der Waals surface area contributed by atoms with Crippen molar-refractivity contribution < 1.29 is 13.2 Å². The summed E-state index contributed by atoms with van der Waals surface area (Å²) in [6.07, 6.45) is 4.70. The van der Waals surface area contributed by atoms with Gasteiger partial charge in [0.25, 0.3) is 0 Å². The van der Waals surface area contributed by atoms with Crippen LogP contribution >= 0.6 is 0 Å². The molecule has 1 aromatic heterocycles. The summed E-state index contributed by atoms with van der Waals surface area (Å²) in [5.41, 5.74) is 0.0180. The summed E-state index contributed by atoms with van der Waals surface area (Å²) >= 11 is 0. The fraction of sp³-hybridized carbons (Fsp3) is 0.250. The Morgan fingerprint density at radius 2 is 2.18 bits per heavy atom. The van der Waals surface area contributed by atoms with Crippen molar-refractivity contribution in [1.82, 2.24) is 14.8 Å². The molecule has 0 saturated heterocycles. The fourth-order valence-electron chi connectivity index (χ4n) is 1.95. The summed E-state index contributed by atoms with van der Waals surface area (Å²) in [7, 11) is 0. The van der Waals surface area contributed by atoms with E-state index in [0.717, 1.165) is 24.3 Å². The zero-order chi connectivity index (χ0) is 16.1. The lowest BCUT2D eigenvalue weighted by Gasteiger charge is -2.05. The molecular weight excluding hydrogens is 291 g/mol. The van der Waals surface area contributed by atoms with E-state index in [4.69, 9.17) is 0 Å². The van der Waals surface area contributed by atoms with E-state index >= 15 is 0 Å². The number of rotatable bonds is 6. The third kappa shape index (κ3) is 4.07. The zero-order valence-corrected chi connectivity index (χ0v) is 12.1. The number of allylic oxidation sites excluding steroid dienone is 3. The lowest BCUT2D eigenvalue weighted by molar-refractivity contribution is 0.508. The number of halogens is 3. The van der Waals surface area contributed by atoms with Crippen LogP contribution in [0.5, 0.6) is 0 Å². The molecule has 0 radical (unpaired) electrons. The molecule has 22 heavy (non-hydrogen) atoms. The van der Waals surface area contributed by atoms with Crippen molar-refractivity contribution in [2.24, 2.45) is 5.92 Å². The number of hydrogen-bond donors (Lipinski definition) is 0. The molecule has 1 unspecified atom stereocenters. The van der Waals surface area contributed by atoms with Crippen molar-refractivity contribution in [3.63, 3.8) is 0 Å². The van der Waals surface area contributed by atoms with Crippen molar-refractivity contribution in [3.05, 3.63) is 60.7 Å². The summed E-state index contributed by atoms with van der Waals surface area (Å²) in [6, 6.07) is 3.13. The largest absolute Gasteiger partial charge is 0.252 e. The van der Waals surface area contributed by atoms with Crippen LogP contribution in [0.4, 0.5) is 13.2 Å². The Kier molecular flexibility index (Phi) is 5.14. The van der Waals surface area contributed by atoms with Crippen molar-refractivity contribution in [2.45, 2.75) is 19.9 Å². The van der Waals surface area contributed by atoms with E-state index in [-0.39, 0.29) is 23.1 Å². The first-order chi connectivity index (χ1) is 10.5. The first-order valence-corrected chi connectivity index (χ1v) is 6.84. The highest BCUT2D eigenvalue weighted by molar-refractivity contribution is 5.55. The molecule has 2 aromatic rings. The maximum absolute atomic E-state index is 13.6. The van der Waals surface area contributed by atoms with Crippen molar-refractivity contribution in [2.75, 3.05) is 0 Å². The molecule has 0 aliphatic carbocycles. The average molecular weight is 307 g/mol. The molecule has 2 rings (SSSR count). The smallest absolute Gasteiger partial charge is 0.184 e. The predicted octanol–water partition coefficient (Wildman–Crippen LogP) is 4.29. The second kappa shape index (κ2) is 7.06. The van der Waals surface area contributed by atoms with E-state index in [1.54, 1.807) is 0 Å². The van der Waals surface area contributed by atoms with Crippen LogP contribution in [0, 0.1) is 17.6 Å². The summed E-state index contributed by atoms with van der Waals surface area (Å²) in [5, 5.41) is 4.12. The number of nitrogens with zero attached hydrogens (tertiary/aromatic N) is 3. The summed E-state index contributed by atoms with van der Waals surface area (Å²) in [5.74, 6) is -1.38. The van der Waals surface area contributed by atoms with Gasteiger partial charge in [0, 0.05) is 6.54 Å². The van der Waals surface area contributed by atoms with E-state index in [2.05, 4.69) is 16.7 Å². The maximum Gasteiger partial charge on any atom is 0.184 e. The molecule has 0 aliphatic rings. The number of aryl methyl sites for hydroxylation is 1. The van der Waals surface area contributed by atoms with Gasteiger partial charge in [-0.15, -0.1) is 0 Å². The molecule has 1 atom stereocenters. The molecule has 0 N–H and O–H groups in total. The van der Waals surface area contributed by atoms with E-state index in [0.29, 0.717) is 13.0 Å². The quantitative estimate of drug-likeness (QED) is 0.745. The Hall–Kier alpha value is -2.37. The van der Waals surface area contributed by atoms with Crippen LogP contribution in [-0.4, -0.2) is 14.8 Å². The third-order valence-electron chi connectivity index (χ3n) is 3.16. The van der Waals surface area contributed by atoms with Crippen LogP contribution in [-0.2, 0) is 6.54 Å².